The zero-order chi connectivity index (χ0) is 25.4. The summed E-state index contributed by atoms with van der Waals surface area (Å²) in [6.07, 6.45) is 1.73. The molecule has 0 saturated carbocycles. The van der Waals surface area contributed by atoms with Gasteiger partial charge < -0.3 is 10.6 Å². The molecule has 1 saturated heterocycles. The Kier molecular flexibility index (Phi) is 6.07. The molecule has 2 N–H and O–H groups in total. The summed E-state index contributed by atoms with van der Waals surface area (Å²) in [5.74, 6) is 6.47. The molecule has 36 heavy (non-hydrogen) atoms. The van der Waals surface area contributed by atoms with Crippen LogP contribution in [0.3, 0.4) is 0 Å². The zero-order valence-electron chi connectivity index (χ0n) is 20.0. The van der Waals surface area contributed by atoms with E-state index in [0.29, 0.717) is 34.9 Å². The van der Waals surface area contributed by atoms with Crippen LogP contribution < -0.4 is 21.9 Å². The van der Waals surface area contributed by atoms with E-state index in [0.717, 1.165) is 22.8 Å². The fraction of sp³-hybridized carbons (Fsp3) is 0.375. The summed E-state index contributed by atoms with van der Waals surface area (Å²) >= 11 is 0. The monoisotopic (exact) mass is 487 g/mol. The van der Waals surface area contributed by atoms with Crippen molar-refractivity contribution in [1.29, 1.82) is 0 Å². The van der Waals surface area contributed by atoms with Gasteiger partial charge in [0.1, 0.15) is 5.82 Å². The number of nitroso groups, excluding NO2 is 1. The Hall–Kier alpha value is -4.37. The molecule has 3 aromatic heterocycles. The molecule has 0 radical (unpaired) electrons. The first kappa shape index (κ1) is 23.4. The number of hydrogen-bond donors (Lipinski definition) is 1. The van der Waals surface area contributed by atoms with Gasteiger partial charge in [-0.2, -0.15) is 4.98 Å². The fourth-order valence-corrected chi connectivity index (χ4v) is 4.67. The minimum Gasteiger partial charge on any atom is -0.341 e. The van der Waals surface area contributed by atoms with Gasteiger partial charge in [-0.05, 0) is 32.8 Å². The van der Waals surface area contributed by atoms with Crippen LogP contribution in [-0.4, -0.2) is 47.9 Å². The van der Waals surface area contributed by atoms with Crippen molar-refractivity contribution in [2.45, 2.75) is 45.8 Å². The molecule has 12 nitrogen and oxygen atoms in total. The van der Waals surface area contributed by atoms with Crippen molar-refractivity contribution in [1.82, 2.24) is 28.8 Å². The van der Waals surface area contributed by atoms with Gasteiger partial charge in [-0.3, -0.25) is 9.36 Å². The minimum atomic E-state index is -0.912. The Bertz CT molecular complexity index is 1670. The topological polar surface area (TPSA) is 146 Å². The van der Waals surface area contributed by atoms with Crippen molar-refractivity contribution in [3.8, 4) is 11.8 Å². The SMILES string of the molecule is CC#CCn1c(N2CCC[C@@H](N)C2)nc2c1c(=O)n(Cc1nc(C)c3ccccc3n1)c(=O)n2N=O. The lowest BCUT2D eigenvalue weighted by atomic mass is 10.1. The quantitative estimate of drug-likeness (QED) is 0.326. The van der Waals surface area contributed by atoms with Crippen molar-refractivity contribution in [2.24, 2.45) is 11.0 Å². The number of aryl methyl sites for hydroxylation is 1. The number of hydrogen-bond acceptors (Lipinski definition) is 9. The molecule has 5 rings (SSSR count). The van der Waals surface area contributed by atoms with E-state index in [1.165, 1.54) is 0 Å². The van der Waals surface area contributed by atoms with Gasteiger partial charge in [0.25, 0.3) is 5.56 Å². The number of imidazole rings is 1. The summed E-state index contributed by atoms with van der Waals surface area (Å²) in [6, 6.07) is 7.41. The second-order valence-electron chi connectivity index (χ2n) is 8.75. The van der Waals surface area contributed by atoms with Crippen LogP contribution in [0.4, 0.5) is 5.95 Å². The molecule has 1 aromatic carbocycles. The van der Waals surface area contributed by atoms with Gasteiger partial charge in [0, 0.05) is 30.2 Å². The zero-order valence-corrected chi connectivity index (χ0v) is 20.0. The first-order valence-corrected chi connectivity index (χ1v) is 11.6. The predicted molar refractivity (Wildman–Crippen MR) is 136 cm³/mol. The first-order chi connectivity index (χ1) is 17.4. The molecule has 1 aliphatic rings. The van der Waals surface area contributed by atoms with Gasteiger partial charge in [0.15, 0.2) is 11.2 Å². The summed E-state index contributed by atoms with van der Waals surface area (Å²) in [7, 11) is 0. The van der Waals surface area contributed by atoms with E-state index in [1.807, 2.05) is 36.1 Å². The van der Waals surface area contributed by atoms with E-state index in [-0.39, 0.29) is 36.1 Å². The second-order valence-corrected chi connectivity index (χ2v) is 8.75. The average molecular weight is 488 g/mol. The van der Waals surface area contributed by atoms with E-state index in [4.69, 9.17) is 5.73 Å². The van der Waals surface area contributed by atoms with Gasteiger partial charge in [-0.25, -0.2) is 19.3 Å². The van der Waals surface area contributed by atoms with Gasteiger partial charge >= 0.3 is 5.69 Å². The van der Waals surface area contributed by atoms with E-state index in [2.05, 4.69) is 32.1 Å². The Morgan fingerprint density at radius 3 is 2.72 bits per heavy atom. The largest absolute Gasteiger partial charge is 0.356 e. The lowest BCUT2D eigenvalue weighted by Gasteiger charge is -2.31. The molecule has 0 aliphatic carbocycles. The molecule has 184 valence electrons. The number of rotatable bonds is 5. The summed E-state index contributed by atoms with van der Waals surface area (Å²) in [5.41, 5.74) is 5.98. The molecule has 0 unspecified atom stereocenters. The van der Waals surface area contributed by atoms with Crippen LogP contribution in [0.15, 0.2) is 39.1 Å². The summed E-state index contributed by atoms with van der Waals surface area (Å²) in [5, 5.41) is 3.77. The fourth-order valence-electron chi connectivity index (χ4n) is 4.67. The van der Waals surface area contributed by atoms with Crippen LogP contribution in [0.1, 0.15) is 31.3 Å². The highest BCUT2D eigenvalue weighted by molar-refractivity contribution is 5.80. The normalized spacial score (nSPS) is 15.8. The third-order valence-electron chi connectivity index (χ3n) is 6.37. The molecular formula is C24H25N9O3. The first-order valence-electron chi connectivity index (χ1n) is 11.6. The van der Waals surface area contributed by atoms with E-state index in [9.17, 15) is 14.5 Å². The molecule has 1 atom stereocenters. The highest BCUT2D eigenvalue weighted by atomic mass is 16.3. The smallest absolute Gasteiger partial charge is 0.341 e. The van der Waals surface area contributed by atoms with Crippen molar-refractivity contribution in [3.63, 3.8) is 0 Å². The van der Waals surface area contributed by atoms with Crippen LogP contribution in [0.5, 0.6) is 0 Å². The lowest BCUT2D eigenvalue weighted by molar-refractivity contribution is 0.496. The Balaban J connectivity index is 1.72. The van der Waals surface area contributed by atoms with Gasteiger partial charge in [0.2, 0.25) is 5.95 Å². The maximum atomic E-state index is 13.7. The third-order valence-corrected chi connectivity index (χ3v) is 6.37. The number of nitrogens with two attached hydrogens (primary N) is 1. The van der Waals surface area contributed by atoms with Crippen LogP contribution in [-0.2, 0) is 13.1 Å². The summed E-state index contributed by atoms with van der Waals surface area (Å²) in [4.78, 5) is 54.2. The third kappa shape index (κ3) is 3.93. The van der Waals surface area contributed by atoms with Crippen LogP contribution in [0.2, 0.25) is 0 Å². The molecule has 0 bridgehead atoms. The molecule has 1 aliphatic heterocycles. The van der Waals surface area contributed by atoms with Crippen LogP contribution in [0.25, 0.3) is 22.1 Å². The van der Waals surface area contributed by atoms with Gasteiger partial charge in [-0.15, -0.1) is 15.5 Å². The second kappa shape index (κ2) is 9.35. The number of benzene rings is 1. The van der Waals surface area contributed by atoms with Crippen molar-refractivity contribution >= 4 is 28.0 Å². The Labute approximate surface area is 205 Å². The van der Waals surface area contributed by atoms with Crippen LogP contribution >= 0.6 is 0 Å². The molecule has 0 spiro atoms. The van der Waals surface area contributed by atoms with Gasteiger partial charge in [-0.1, -0.05) is 24.1 Å². The number of anilines is 1. The maximum absolute atomic E-state index is 13.7. The number of aromatic nitrogens is 6. The number of para-hydroxylation sites is 1. The Morgan fingerprint density at radius 2 is 1.97 bits per heavy atom. The van der Waals surface area contributed by atoms with Crippen molar-refractivity contribution in [3.05, 3.63) is 61.5 Å². The number of fused-ring (bicyclic) bond motifs is 2. The van der Waals surface area contributed by atoms with E-state index < -0.39 is 11.2 Å². The molecule has 1 fully saturated rings. The standard InChI is InChI=1S/C24H25N9O3/c1-3-4-12-31-20-21(28-23(31)30-11-7-8-16(25)13-30)33(29-36)24(35)32(22(20)34)14-19-26-15(2)17-9-5-6-10-18(17)27-19/h5-6,9-10,16H,7-8,11-14,25H2,1-2H3/t16-/m1/s1. The highest BCUT2D eigenvalue weighted by Crippen LogP contribution is 2.23. The van der Waals surface area contributed by atoms with Crippen molar-refractivity contribution in [2.75, 3.05) is 18.0 Å². The summed E-state index contributed by atoms with van der Waals surface area (Å²) < 4.78 is 3.14. The maximum Gasteiger partial charge on any atom is 0.356 e. The molecular weight excluding hydrogens is 462 g/mol. The number of nitrogens with zero attached hydrogens (tertiary/aromatic N) is 8. The van der Waals surface area contributed by atoms with E-state index in [1.54, 1.807) is 11.5 Å². The van der Waals surface area contributed by atoms with Crippen molar-refractivity contribution < 1.29 is 0 Å². The molecule has 4 heterocycles. The molecule has 12 heteroatoms. The lowest BCUT2D eigenvalue weighted by Crippen LogP contribution is -2.44. The molecule has 4 aromatic rings. The predicted octanol–water partition coefficient (Wildman–Crippen LogP) is 1.14. The molecule has 0 amide bonds. The highest BCUT2D eigenvalue weighted by Gasteiger charge is 2.27. The minimum absolute atomic E-state index is 0.0550. The van der Waals surface area contributed by atoms with Crippen LogP contribution in [0, 0.1) is 23.7 Å². The Morgan fingerprint density at radius 1 is 1.17 bits per heavy atom. The van der Waals surface area contributed by atoms with E-state index >= 15 is 0 Å². The average Bonchev–Trinajstić information content (AvgIpc) is 3.25. The van der Waals surface area contributed by atoms with Gasteiger partial charge in [0.05, 0.1) is 23.9 Å². The summed E-state index contributed by atoms with van der Waals surface area (Å²) in [6.45, 7) is 4.64. The number of piperidine rings is 1.